The second-order valence-corrected chi connectivity index (χ2v) is 4.93. The van der Waals surface area contributed by atoms with Crippen LogP contribution in [-0.2, 0) is 6.42 Å². The molecule has 1 N–H and O–H groups in total. The zero-order valence-electron chi connectivity index (χ0n) is 10.1. The predicted molar refractivity (Wildman–Crippen MR) is 62.4 cm³/mol. The van der Waals surface area contributed by atoms with E-state index in [0.29, 0.717) is 12.0 Å². The molecule has 0 heterocycles. The number of hydrogen-bond acceptors (Lipinski definition) is 1. The smallest absolute Gasteiger partial charge is 0.129 e. The Hall–Kier alpha value is -0.960. The van der Waals surface area contributed by atoms with E-state index >= 15 is 0 Å². The standard InChI is InChI=1S/C13H19F2N/c1-13(2,6-7-16-3)9-10-4-5-11(14)8-12(10)15/h4-5,8,16H,6-7,9H2,1-3H3. The molecule has 0 spiro atoms. The van der Waals surface area contributed by atoms with E-state index in [1.165, 1.54) is 12.1 Å². The van der Waals surface area contributed by atoms with Crippen LogP contribution in [0.15, 0.2) is 18.2 Å². The SMILES string of the molecule is CNCCC(C)(C)Cc1ccc(F)cc1F. The minimum Gasteiger partial charge on any atom is -0.320 e. The molecule has 0 saturated heterocycles. The van der Waals surface area contributed by atoms with Gasteiger partial charge in [-0.05, 0) is 43.5 Å². The van der Waals surface area contributed by atoms with Crippen molar-refractivity contribution in [2.24, 2.45) is 5.41 Å². The molecule has 16 heavy (non-hydrogen) atoms. The van der Waals surface area contributed by atoms with E-state index in [0.717, 1.165) is 19.0 Å². The maximum atomic E-state index is 13.4. The minimum absolute atomic E-state index is 0.0156. The van der Waals surface area contributed by atoms with Crippen LogP contribution >= 0.6 is 0 Å². The number of rotatable bonds is 5. The molecule has 0 amide bonds. The fraction of sp³-hybridized carbons (Fsp3) is 0.538. The van der Waals surface area contributed by atoms with E-state index in [2.05, 4.69) is 19.2 Å². The van der Waals surface area contributed by atoms with Crippen molar-refractivity contribution in [3.05, 3.63) is 35.4 Å². The Kier molecular flexibility index (Phi) is 4.42. The van der Waals surface area contributed by atoms with Gasteiger partial charge < -0.3 is 5.32 Å². The summed E-state index contributed by atoms with van der Waals surface area (Å²) in [6.45, 7) is 5.08. The Labute approximate surface area is 95.9 Å². The molecule has 0 unspecified atom stereocenters. The molecule has 0 aliphatic carbocycles. The summed E-state index contributed by atoms with van der Waals surface area (Å²) in [7, 11) is 1.90. The molecule has 1 rings (SSSR count). The molecule has 0 fully saturated rings. The summed E-state index contributed by atoms with van der Waals surface area (Å²) in [6.07, 6.45) is 1.58. The van der Waals surface area contributed by atoms with Crippen molar-refractivity contribution in [1.29, 1.82) is 0 Å². The van der Waals surface area contributed by atoms with Gasteiger partial charge in [-0.15, -0.1) is 0 Å². The zero-order chi connectivity index (χ0) is 12.2. The Morgan fingerprint density at radius 2 is 1.94 bits per heavy atom. The topological polar surface area (TPSA) is 12.0 Å². The van der Waals surface area contributed by atoms with E-state index in [1.807, 2.05) is 7.05 Å². The van der Waals surface area contributed by atoms with Gasteiger partial charge in [0.15, 0.2) is 0 Å². The average molecular weight is 227 g/mol. The molecule has 0 atom stereocenters. The first-order valence-corrected chi connectivity index (χ1v) is 5.53. The van der Waals surface area contributed by atoms with Crippen molar-refractivity contribution in [3.63, 3.8) is 0 Å². The molecule has 0 aliphatic heterocycles. The molecular formula is C13H19F2N. The lowest BCUT2D eigenvalue weighted by atomic mass is 9.82. The van der Waals surface area contributed by atoms with Crippen LogP contribution in [0.5, 0.6) is 0 Å². The van der Waals surface area contributed by atoms with Crippen LogP contribution in [0.1, 0.15) is 25.8 Å². The van der Waals surface area contributed by atoms with Crippen LogP contribution in [0, 0.1) is 17.0 Å². The second kappa shape index (κ2) is 5.39. The maximum absolute atomic E-state index is 13.4. The summed E-state index contributed by atoms with van der Waals surface area (Å²) in [5, 5.41) is 3.08. The van der Waals surface area contributed by atoms with E-state index in [-0.39, 0.29) is 5.41 Å². The first-order valence-electron chi connectivity index (χ1n) is 5.53. The highest BCUT2D eigenvalue weighted by Gasteiger charge is 2.19. The van der Waals surface area contributed by atoms with E-state index in [9.17, 15) is 8.78 Å². The number of nitrogens with one attached hydrogen (secondary N) is 1. The highest BCUT2D eigenvalue weighted by Crippen LogP contribution is 2.26. The monoisotopic (exact) mass is 227 g/mol. The normalized spacial score (nSPS) is 11.8. The summed E-state index contributed by atoms with van der Waals surface area (Å²) >= 11 is 0. The Bertz CT molecular complexity index is 348. The molecule has 1 nitrogen and oxygen atoms in total. The zero-order valence-corrected chi connectivity index (χ0v) is 10.1. The van der Waals surface area contributed by atoms with Crippen molar-refractivity contribution < 1.29 is 8.78 Å². The number of hydrogen-bond donors (Lipinski definition) is 1. The van der Waals surface area contributed by atoms with Gasteiger partial charge in [-0.2, -0.15) is 0 Å². The fourth-order valence-electron chi connectivity index (χ4n) is 1.73. The molecule has 3 heteroatoms. The van der Waals surface area contributed by atoms with E-state index < -0.39 is 11.6 Å². The second-order valence-electron chi connectivity index (χ2n) is 4.93. The molecule has 90 valence electrons. The maximum Gasteiger partial charge on any atom is 0.129 e. The lowest BCUT2D eigenvalue weighted by molar-refractivity contribution is 0.324. The Morgan fingerprint density at radius 1 is 1.25 bits per heavy atom. The third-order valence-corrected chi connectivity index (χ3v) is 2.74. The number of halogens is 2. The van der Waals surface area contributed by atoms with Gasteiger partial charge in [-0.1, -0.05) is 19.9 Å². The highest BCUT2D eigenvalue weighted by atomic mass is 19.1. The molecule has 0 aromatic heterocycles. The van der Waals surface area contributed by atoms with Crippen LogP contribution in [-0.4, -0.2) is 13.6 Å². The van der Waals surface area contributed by atoms with Gasteiger partial charge in [0.2, 0.25) is 0 Å². The Morgan fingerprint density at radius 3 is 2.50 bits per heavy atom. The first-order chi connectivity index (χ1) is 7.44. The van der Waals surface area contributed by atoms with Gasteiger partial charge in [0, 0.05) is 6.07 Å². The van der Waals surface area contributed by atoms with Crippen LogP contribution in [0.3, 0.4) is 0 Å². The summed E-state index contributed by atoms with van der Waals surface area (Å²) in [6, 6.07) is 3.79. The summed E-state index contributed by atoms with van der Waals surface area (Å²) < 4.78 is 26.2. The molecule has 0 radical (unpaired) electrons. The van der Waals surface area contributed by atoms with Crippen LogP contribution in [0.4, 0.5) is 8.78 Å². The largest absolute Gasteiger partial charge is 0.320 e. The van der Waals surface area contributed by atoms with E-state index in [4.69, 9.17) is 0 Å². The van der Waals surface area contributed by atoms with Crippen LogP contribution in [0.2, 0.25) is 0 Å². The lowest BCUT2D eigenvalue weighted by Gasteiger charge is -2.24. The lowest BCUT2D eigenvalue weighted by Crippen LogP contribution is -2.22. The van der Waals surface area contributed by atoms with Gasteiger partial charge in [-0.25, -0.2) is 8.78 Å². The van der Waals surface area contributed by atoms with Gasteiger partial charge >= 0.3 is 0 Å². The Balaban J connectivity index is 2.71. The average Bonchev–Trinajstić information content (AvgIpc) is 2.19. The molecule has 1 aromatic rings. The van der Waals surface area contributed by atoms with Gasteiger partial charge in [0.1, 0.15) is 11.6 Å². The molecule has 0 aliphatic rings. The van der Waals surface area contributed by atoms with Crippen molar-refractivity contribution in [1.82, 2.24) is 5.32 Å². The third-order valence-electron chi connectivity index (χ3n) is 2.74. The molecule has 0 bridgehead atoms. The summed E-state index contributed by atoms with van der Waals surface area (Å²) in [5.74, 6) is -0.966. The van der Waals surface area contributed by atoms with Gasteiger partial charge in [0.05, 0.1) is 0 Å². The van der Waals surface area contributed by atoms with Crippen molar-refractivity contribution in [2.45, 2.75) is 26.7 Å². The molecule has 1 aromatic carbocycles. The number of benzene rings is 1. The van der Waals surface area contributed by atoms with Gasteiger partial charge in [-0.3, -0.25) is 0 Å². The third kappa shape index (κ3) is 3.89. The quantitative estimate of drug-likeness (QED) is 0.814. The summed E-state index contributed by atoms with van der Waals surface area (Å²) in [4.78, 5) is 0. The summed E-state index contributed by atoms with van der Waals surface area (Å²) in [5.41, 5.74) is 0.601. The van der Waals surface area contributed by atoms with Crippen molar-refractivity contribution in [3.8, 4) is 0 Å². The van der Waals surface area contributed by atoms with Gasteiger partial charge in [0.25, 0.3) is 0 Å². The van der Waals surface area contributed by atoms with Crippen molar-refractivity contribution in [2.75, 3.05) is 13.6 Å². The predicted octanol–water partition coefficient (Wildman–Crippen LogP) is 3.14. The van der Waals surface area contributed by atoms with Crippen molar-refractivity contribution >= 4 is 0 Å². The highest BCUT2D eigenvalue weighted by molar-refractivity contribution is 5.19. The minimum atomic E-state index is -0.519. The first kappa shape index (κ1) is 13.1. The fourth-order valence-corrected chi connectivity index (χ4v) is 1.73. The molecular weight excluding hydrogens is 208 g/mol. The molecule has 0 saturated carbocycles. The van der Waals surface area contributed by atoms with Crippen LogP contribution < -0.4 is 5.32 Å². The van der Waals surface area contributed by atoms with E-state index in [1.54, 1.807) is 0 Å². The van der Waals surface area contributed by atoms with Crippen LogP contribution in [0.25, 0.3) is 0 Å².